The fraction of sp³-hybridized carbons (Fsp3) is 0.212. The van der Waals surface area contributed by atoms with E-state index >= 15 is 0 Å². The highest BCUT2D eigenvalue weighted by molar-refractivity contribution is 7.98. The summed E-state index contributed by atoms with van der Waals surface area (Å²) in [6.07, 6.45) is 8.25. The van der Waals surface area contributed by atoms with Gasteiger partial charge in [0, 0.05) is 39.8 Å². The number of benzene rings is 3. The second-order valence-corrected chi connectivity index (χ2v) is 10.5. The van der Waals surface area contributed by atoms with Crippen LogP contribution in [0, 0.1) is 6.92 Å². The van der Waals surface area contributed by atoms with Crippen LogP contribution in [0.1, 0.15) is 33.7 Å². The number of thioether (sulfide) groups is 1. The number of nitrogens with two attached hydrogens (primary N) is 1. The van der Waals surface area contributed by atoms with Crippen LogP contribution < -0.4 is 5.73 Å². The smallest absolute Gasteiger partial charge is 0.170 e. The third kappa shape index (κ3) is 5.68. The van der Waals surface area contributed by atoms with Crippen LogP contribution in [-0.2, 0) is 11.3 Å². The van der Waals surface area contributed by atoms with Gasteiger partial charge in [-0.25, -0.2) is 4.68 Å². The van der Waals surface area contributed by atoms with Gasteiger partial charge in [-0.1, -0.05) is 42.5 Å². The summed E-state index contributed by atoms with van der Waals surface area (Å²) < 4.78 is 9.76. The van der Waals surface area contributed by atoms with Crippen LogP contribution in [0.2, 0.25) is 0 Å². The molecule has 3 aromatic carbocycles. The predicted octanol–water partition coefficient (Wildman–Crippen LogP) is 6.76. The molecule has 6 rings (SSSR count). The number of aromatic nitrogens is 3. The van der Waals surface area contributed by atoms with Gasteiger partial charge in [-0.3, -0.25) is 4.79 Å². The second kappa shape index (κ2) is 12.5. The lowest BCUT2D eigenvalue weighted by Gasteiger charge is -2.13. The van der Waals surface area contributed by atoms with Crippen molar-refractivity contribution in [1.29, 1.82) is 0 Å². The van der Waals surface area contributed by atoms with Crippen LogP contribution in [0.3, 0.4) is 0 Å². The van der Waals surface area contributed by atoms with E-state index in [1.807, 2.05) is 17.7 Å². The summed E-state index contributed by atoms with van der Waals surface area (Å²) >= 11 is 1.76. The minimum Gasteiger partial charge on any atom is -0.377 e. The van der Waals surface area contributed by atoms with Crippen molar-refractivity contribution in [1.82, 2.24) is 14.3 Å². The predicted molar refractivity (Wildman–Crippen MR) is 165 cm³/mol. The molecule has 1 aliphatic rings. The zero-order valence-corrected chi connectivity index (χ0v) is 23.9. The Labute approximate surface area is 239 Å². The van der Waals surface area contributed by atoms with Gasteiger partial charge in [0.1, 0.15) is 5.69 Å². The molecular formula is C33H34N4O2S. The van der Waals surface area contributed by atoms with Crippen molar-refractivity contribution in [3.8, 4) is 16.8 Å². The summed E-state index contributed by atoms with van der Waals surface area (Å²) in [7, 11) is 1.50. The van der Waals surface area contributed by atoms with Crippen molar-refractivity contribution < 1.29 is 9.53 Å². The highest BCUT2D eigenvalue weighted by Gasteiger charge is 2.16. The largest absolute Gasteiger partial charge is 0.377 e. The van der Waals surface area contributed by atoms with Crippen molar-refractivity contribution in [3.63, 3.8) is 0 Å². The Kier molecular flexibility index (Phi) is 8.65. The summed E-state index contributed by atoms with van der Waals surface area (Å²) in [6.45, 7) is 4.13. The number of nitrogens with zero attached hydrogens (tertiary/aromatic N) is 3. The highest BCUT2D eigenvalue weighted by Crippen LogP contribution is 2.33. The van der Waals surface area contributed by atoms with Crippen LogP contribution in [0.15, 0.2) is 90.0 Å². The highest BCUT2D eigenvalue weighted by atomic mass is 32.2. The minimum atomic E-state index is 0.441. The van der Waals surface area contributed by atoms with Crippen LogP contribution in [0.4, 0.5) is 0 Å². The summed E-state index contributed by atoms with van der Waals surface area (Å²) in [4.78, 5) is 12.6. The SMILES string of the molecule is CN.CSc1ccc(-c2ccc(Cn3cc(C4=CCOCC4)c4cc(-n5nc(C=O)cc5C)ccc43)cc2)cc1. The lowest BCUT2D eigenvalue weighted by atomic mass is 10.0. The molecule has 40 heavy (non-hydrogen) atoms. The van der Waals surface area contributed by atoms with E-state index in [1.165, 1.54) is 50.7 Å². The van der Waals surface area contributed by atoms with Gasteiger partial charge < -0.3 is 15.0 Å². The fourth-order valence-electron chi connectivity index (χ4n) is 5.18. The molecule has 0 aliphatic carbocycles. The molecule has 3 heterocycles. The first-order valence-corrected chi connectivity index (χ1v) is 14.6. The molecule has 204 valence electrons. The number of aryl methyl sites for hydroxylation is 1. The maximum Gasteiger partial charge on any atom is 0.170 e. The number of aldehydes is 1. The summed E-state index contributed by atoms with van der Waals surface area (Å²) in [5.74, 6) is 0. The van der Waals surface area contributed by atoms with Crippen LogP contribution in [0.5, 0.6) is 0 Å². The number of carbonyl (C=O) groups excluding carboxylic acids is 1. The second-order valence-electron chi connectivity index (χ2n) is 9.59. The molecule has 7 heteroatoms. The van der Waals surface area contributed by atoms with E-state index in [9.17, 15) is 4.79 Å². The van der Waals surface area contributed by atoms with Crippen molar-refractivity contribution in [2.45, 2.75) is 24.8 Å². The third-order valence-corrected chi connectivity index (χ3v) is 7.92. The van der Waals surface area contributed by atoms with Gasteiger partial charge in [0.25, 0.3) is 0 Å². The molecule has 0 fully saturated rings. The minimum absolute atomic E-state index is 0.441. The van der Waals surface area contributed by atoms with Gasteiger partial charge in [0.15, 0.2) is 6.29 Å². The van der Waals surface area contributed by atoms with Gasteiger partial charge in [-0.15, -0.1) is 11.8 Å². The molecule has 2 aromatic heterocycles. The molecule has 0 bridgehead atoms. The number of rotatable bonds is 7. The fourth-order valence-corrected chi connectivity index (χ4v) is 5.58. The quantitative estimate of drug-likeness (QED) is 0.179. The molecular weight excluding hydrogens is 516 g/mol. The first-order valence-electron chi connectivity index (χ1n) is 13.4. The molecule has 0 amide bonds. The van der Waals surface area contributed by atoms with Gasteiger partial charge in [-0.05, 0) is 85.3 Å². The Bertz CT molecular complexity index is 1650. The van der Waals surface area contributed by atoms with Crippen LogP contribution in [0.25, 0.3) is 33.3 Å². The summed E-state index contributed by atoms with van der Waals surface area (Å²) in [6, 6.07) is 25.8. The maximum atomic E-state index is 11.3. The molecule has 0 radical (unpaired) electrons. The average Bonchev–Trinajstić information content (AvgIpc) is 3.58. The first kappa shape index (κ1) is 27.6. The van der Waals surface area contributed by atoms with E-state index in [0.717, 1.165) is 37.2 Å². The molecule has 0 saturated carbocycles. The topological polar surface area (TPSA) is 75.1 Å². The first-order chi connectivity index (χ1) is 19.6. The third-order valence-electron chi connectivity index (χ3n) is 7.18. The molecule has 6 nitrogen and oxygen atoms in total. The van der Waals surface area contributed by atoms with E-state index in [-0.39, 0.29) is 0 Å². The molecule has 0 atom stereocenters. The van der Waals surface area contributed by atoms with Gasteiger partial charge in [-0.2, -0.15) is 5.10 Å². The lowest BCUT2D eigenvalue weighted by molar-refractivity contribution is 0.111. The normalized spacial score (nSPS) is 13.1. The van der Waals surface area contributed by atoms with E-state index in [2.05, 4.69) is 101 Å². The van der Waals surface area contributed by atoms with Gasteiger partial charge >= 0.3 is 0 Å². The standard InChI is InChI=1S/C32H29N3O2S.CH5N/c1-22-17-27(21-36)33-35(22)28-9-12-32-30(18-28)31(26-13-15-37-16-14-26)20-34(32)19-23-3-5-24(6-4-23)25-7-10-29(38-2)11-8-25;1-2/h3-13,17-18,20-21H,14-16,19H2,1-2H3;2H2,1H3. The average molecular weight is 551 g/mol. The monoisotopic (exact) mass is 550 g/mol. The Balaban J connectivity index is 0.00000158. The van der Waals surface area contributed by atoms with Crippen molar-refractivity contribution in [2.75, 3.05) is 26.5 Å². The van der Waals surface area contributed by atoms with E-state index in [1.54, 1.807) is 11.8 Å². The van der Waals surface area contributed by atoms with E-state index < -0.39 is 0 Å². The van der Waals surface area contributed by atoms with Crippen LogP contribution in [-0.4, -0.2) is 47.2 Å². The zero-order valence-electron chi connectivity index (χ0n) is 23.1. The molecule has 0 spiro atoms. The van der Waals surface area contributed by atoms with Crippen molar-refractivity contribution in [3.05, 3.63) is 108 Å². The zero-order chi connectivity index (χ0) is 28.1. The van der Waals surface area contributed by atoms with Crippen LogP contribution >= 0.6 is 11.8 Å². The number of fused-ring (bicyclic) bond motifs is 1. The Morgan fingerprint density at radius 2 is 1.73 bits per heavy atom. The Morgan fingerprint density at radius 3 is 2.35 bits per heavy atom. The number of hydrogen-bond acceptors (Lipinski definition) is 5. The molecule has 1 aliphatic heterocycles. The number of ether oxygens (including phenoxy) is 1. The maximum absolute atomic E-state index is 11.3. The van der Waals surface area contributed by atoms with Crippen molar-refractivity contribution in [2.24, 2.45) is 5.73 Å². The molecule has 0 unspecified atom stereocenters. The van der Waals surface area contributed by atoms with Gasteiger partial charge in [0.05, 0.1) is 18.9 Å². The molecule has 2 N–H and O–H groups in total. The number of carbonyl (C=O) groups is 1. The van der Waals surface area contributed by atoms with E-state index in [0.29, 0.717) is 12.3 Å². The molecule has 0 saturated heterocycles. The van der Waals surface area contributed by atoms with Gasteiger partial charge in [0.2, 0.25) is 0 Å². The molecule has 5 aromatic rings. The van der Waals surface area contributed by atoms with Crippen molar-refractivity contribution >= 4 is 34.5 Å². The Hall–Kier alpha value is -3.91. The summed E-state index contributed by atoms with van der Waals surface area (Å²) in [5.41, 5.74) is 14.2. The Morgan fingerprint density at radius 1 is 1.00 bits per heavy atom. The lowest BCUT2D eigenvalue weighted by Crippen LogP contribution is -2.03. The summed E-state index contributed by atoms with van der Waals surface area (Å²) in [5, 5.41) is 5.65. The van der Waals surface area contributed by atoms with E-state index in [4.69, 9.17) is 4.74 Å². The number of hydrogen-bond donors (Lipinski definition) is 1.